The Kier molecular flexibility index (Phi) is 3.13. The Morgan fingerprint density at radius 1 is 1.50 bits per heavy atom. The molecule has 4 nitrogen and oxygen atoms in total. The Hall–Kier alpha value is -1.11. The summed E-state index contributed by atoms with van der Waals surface area (Å²) in [5.41, 5.74) is 0. The van der Waals surface area contributed by atoms with Gasteiger partial charge in [0.05, 0.1) is 0 Å². The van der Waals surface area contributed by atoms with Crippen molar-refractivity contribution in [3.05, 3.63) is 12.2 Å². The molecule has 1 saturated heterocycles. The zero-order chi connectivity index (χ0) is 11.6. The van der Waals surface area contributed by atoms with Crippen LogP contribution in [-0.4, -0.2) is 27.9 Å². The summed E-state index contributed by atoms with van der Waals surface area (Å²) < 4.78 is 38.0. The second-order valence-corrected chi connectivity index (χ2v) is 4.00. The zero-order valence-corrected chi connectivity index (χ0v) is 8.67. The van der Waals surface area contributed by atoms with Crippen LogP contribution in [0.15, 0.2) is 6.33 Å². The molecule has 1 aromatic heterocycles. The van der Waals surface area contributed by atoms with Crippen LogP contribution in [0, 0.1) is 5.92 Å². The molecule has 1 unspecified atom stereocenters. The fourth-order valence-electron chi connectivity index (χ4n) is 1.86. The number of halogens is 3. The number of nitrogens with one attached hydrogen (secondary N) is 1. The van der Waals surface area contributed by atoms with Crippen LogP contribution in [0.25, 0.3) is 0 Å². The van der Waals surface area contributed by atoms with E-state index in [1.54, 1.807) is 0 Å². The summed E-state index contributed by atoms with van der Waals surface area (Å²) in [6.07, 6.45) is -1.22. The number of aromatic nitrogens is 3. The molecule has 2 rings (SSSR count). The predicted molar refractivity (Wildman–Crippen MR) is 50.6 cm³/mol. The van der Waals surface area contributed by atoms with Gasteiger partial charge < -0.3 is 5.32 Å². The first-order valence-electron chi connectivity index (χ1n) is 5.23. The molecule has 1 aromatic rings. The van der Waals surface area contributed by atoms with Crippen LogP contribution in [-0.2, 0) is 12.7 Å². The van der Waals surface area contributed by atoms with Crippen LogP contribution in [0.4, 0.5) is 13.2 Å². The van der Waals surface area contributed by atoms with Crippen molar-refractivity contribution < 1.29 is 13.2 Å². The fraction of sp³-hybridized carbons (Fsp3) is 0.778. The van der Waals surface area contributed by atoms with Gasteiger partial charge in [-0.05, 0) is 31.8 Å². The quantitative estimate of drug-likeness (QED) is 0.838. The molecule has 0 saturated carbocycles. The normalized spacial score (nSPS) is 22.3. The van der Waals surface area contributed by atoms with Crippen molar-refractivity contribution >= 4 is 0 Å². The van der Waals surface area contributed by atoms with Crippen molar-refractivity contribution in [3.8, 4) is 0 Å². The van der Waals surface area contributed by atoms with Gasteiger partial charge in [-0.25, -0.2) is 4.98 Å². The van der Waals surface area contributed by atoms with Crippen molar-refractivity contribution in [2.45, 2.75) is 25.6 Å². The van der Waals surface area contributed by atoms with Crippen molar-refractivity contribution in [1.82, 2.24) is 20.1 Å². The lowest BCUT2D eigenvalue weighted by Gasteiger charge is -2.22. The summed E-state index contributed by atoms with van der Waals surface area (Å²) in [5.74, 6) is -0.715. The predicted octanol–water partition coefficient (Wildman–Crippen LogP) is 1.30. The Morgan fingerprint density at radius 2 is 2.31 bits per heavy atom. The number of piperidine rings is 1. The van der Waals surface area contributed by atoms with Gasteiger partial charge in [-0.2, -0.15) is 13.2 Å². The van der Waals surface area contributed by atoms with Crippen molar-refractivity contribution in [1.29, 1.82) is 0 Å². The first kappa shape index (κ1) is 11.4. The number of rotatable bonds is 2. The number of hydrogen-bond acceptors (Lipinski definition) is 3. The molecule has 1 atom stereocenters. The fourth-order valence-corrected chi connectivity index (χ4v) is 1.86. The van der Waals surface area contributed by atoms with Crippen LogP contribution in [0.5, 0.6) is 0 Å². The van der Waals surface area contributed by atoms with Crippen molar-refractivity contribution in [2.24, 2.45) is 5.92 Å². The van der Waals surface area contributed by atoms with E-state index in [4.69, 9.17) is 0 Å². The Balaban J connectivity index is 1.97. The number of hydrogen-bond donors (Lipinski definition) is 1. The van der Waals surface area contributed by atoms with Gasteiger partial charge in [-0.15, -0.1) is 5.10 Å². The van der Waals surface area contributed by atoms with E-state index in [0.29, 0.717) is 12.5 Å². The average Bonchev–Trinajstić information content (AvgIpc) is 2.67. The highest BCUT2D eigenvalue weighted by Gasteiger charge is 2.35. The molecule has 0 spiro atoms. The molecule has 0 radical (unpaired) electrons. The Morgan fingerprint density at radius 3 is 2.88 bits per heavy atom. The lowest BCUT2D eigenvalue weighted by molar-refractivity contribution is -0.145. The lowest BCUT2D eigenvalue weighted by atomic mass is 10.00. The van der Waals surface area contributed by atoms with E-state index in [2.05, 4.69) is 15.4 Å². The maximum Gasteiger partial charge on any atom is 0.453 e. The van der Waals surface area contributed by atoms with Crippen molar-refractivity contribution in [3.63, 3.8) is 0 Å². The third-order valence-electron chi connectivity index (χ3n) is 2.63. The molecule has 0 aromatic carbocycles. The smallest absolute Gasteiger partial charge is 0.316 e. The number of nitrogens with zero attached hydrogens (tertiary/aromatic N) is 3. The Bertz CT molecular complexity index is 341. The highest BCUT2D eigenvalue weighted by Crippen LogP contribution is 2.25. The first-order valence-corrected chi connectivity index (χ1v) is 5.23. The molecular weight excluding hydrogens is 221 g/mol. The largest absolute Gasteiger partial charge is 0.453 e. The molecule has 90 valence electrons. The van der Waals surface area contributed by atoms with Crippen LogP contribution >= 0.6 is 0 Å². The average molecular weight is 234 g/mol. The molecule has 1 aliphatic rings. The van der Waals surface area contributed by atoms with E-state index in [-0.39, 0.29) is 0 Å². The first-order chi connectivity index (χ1) is 7.55. The summed E-state index contributed by atoms with van der Waals surface area (Å²) >= 11 is 0. The van der Waals surface area contributed by atoms with Crippen molar-refractivity contribution in [2.75, 3.05) is 13.1 Å². The van der Waals surface area contributed by atoms with E-state index < -0.39 is 12.0 Å². The third kappa shape index (κ3) is 2.72. The van der Waals surface area contributed by atoms with Crippen LogP contribution in [0.3, 0.4) is 0 Å². The second kappa shape index (κ2) is 4.40. The van der Waals surface area contributed by atoms with E-state index in [0.717, 1.165) is 32.3 Å². The topological polar surface area (TPSA) is 42.7 Å². The minimum absolute atomic E-state index is 0.344. The molecule has 1 aliphatic heterocycles. The van der Waals surface area contributed by atoms with Crippen LogP contribution in [0.1, 0.15) is 18.7 Å². The van der Waals surface area contributed by atoms with E-state index in [1.807, 2.05) is 0 Å². The maximum atomic E-state index is 12.2. The highest BCUT2D eigenvalue weighted by atomic mass is 19.4. The number of alkyl halides is 3. The molecule has 0 bridgehead atoms. The molecule has 16 heavy (non-hydrogen) atoms. The van der Waals surface area contributed by atoms with Crippen LogP contribution in [0.2, 0.25) is 0 Å². The van der Waals surface area contributed by atoms with Gasteiger partial charge in [0.1, 0.15) is 6.33 Å². The van der Waals surface area contributed by atoms with Gasteiger partial charge >= 0.3 is 6.18 Å². The molecule has 0 aliphatic carbocycles. The zero-order valence-electron chi connectivity index (χ0n) is 8.67. The van der Waals surface area contributed by atoms with Gasteiger partial charge in [-0.3, -0.25) is 4.68 Å². The summed E-state index contributed by atoms with van der Waals surface area (Å²) in [5, 5.41) is 6.64. The summed E-state index contributed by atoms with van der Waals surface area (Å²) in [4.78, 5) is 3.26. The van der Waals surface area contributed by atoms with Gasteiger partial charge in [0.15, 0.2) is 0 Å². The molecule has 1 fully saturated rings. The Labute approximate surface area is 90.9 Å². The lowest BCUT2D eigenvalue weighted by Crippen LogP contribution is -2.32. The third-order valence-corrected chi connectivity index (χ3v) is 2.63. The minimum Gasteiger partial charge on any atom is -0.316 e. The molecule has 7 heteroatoms. The van der Waals surface area contributed by atoms with E-state index in [1.165, 1.54) is 4.68 Å². The summed E-state index contributed by atoms with van der Waals surface area (Å²) in [6.45, 7) is 2.32. The molecule has 2 heterocycles. The van der Waals surface area contributed by atoms with Crippen LogP contribution < -0.4 is 5.32 Å². The van der Waals surface area contributed by atoms with Gasteiger partial charge in [0.25, 0.3) is 5.82 Å². The molecular formula is C9H13F3N4. The molecule has 0 amide bonds. The summed E-state index contributed by atoms with van der Waals surface area (Å²) in [7, 11) is 0. The van der Waals surface area contributed by atoms with Gasteiger partial charge in [-0.1, -0.05) is 0 Å². The molecule has 1 N–H and O–H groups in total. The summed E-state index contributed by atoms with van der Waals surface area (Å²) in [6, 6.07) is 0. The van der Waals surface area contributed by atoms with E-state index in [9.17, 15) is 13.2 Å². The monoisotopic (exact) mass is 234 g/mol. The van der Waals surface area contributed by atoms with Gasteiger partial charge in [0, 0.05) is 6.54 Å². The maximum absolute atomic E-state index is 12.2. The standard InChI is InChI=1S/C9H13F3N4/c10-9(11,12)8-14-6-16(15-8)5-7-2-1-3-13-4-7/h6-7,13H,1-5H2. The van der Waals surface area contributed by atoms with Gasteiger partial charge in [0.2, 0.25) is 0 Å². The van der Waals surface area contributed by atoms with E-state index >= 15 is 0 Å². The second-order valence-electron chi connectivity index (χ2n) is 4.00. The SMILES string of the molecule is FC(F)(F)c1ncn(CC2CCCNC2)n1. The highest BCUT2D eigenvalue weighted by molar-refractivity contribution is 4.87. The minimum atomic E-state index is -4.45.